The number of hydrogen-bond donors (Lipinski definition) is 3. The van der Waals surface area contributed by atoms with Crippen LogP contribution in [0.15, 0.2) is 59.5 Å². The van der Waals surface area contributed by atoms with Gasteiger partial charge in [-0.15, -0.1) is 0 Å². The van der Waals surface area contributed by atoms with E-state index in [1.165, 1.54) is 35.0 Å². The van der Waals surface area contributed by atoms with Crippen molar-refractivity contribution >= 4 is 21.7 Å². The van der Waals surface area contributed by atoms with E-state index < -0.39 is 16.0 Å². The molecule has 0 aliphatic heterocycles. The monoisotopic (exact) mass is 358 g/mol. The van der Waals surface area contributed by atoms with E-state index in [2.05, 4.69) is 5.10 Å². The minimum Gasteiger partial charge on any atom is -0.476 e. The molecule has 0 aliphatic rings. The Morgan fingerprint density at radius 3 is 2.16 bits per heavy atom. The molecule has 0 saturated carbocycles. The molecule has 0 aliphatic carbocycles. The van der Waals surface area contributed by atoms with Crippen LogP contribution in [0.3, 0.4) is 0 Å². The highest BCUT2D eigenvalue weighted by molar-refractivity contribution is 7.89. The lowest BCUT2D eigenvalue weighted by atomic mass is 10.1. The second kappa shape index (κ2) is 6.04. The Hall–Kier alpha value is -3.17. The second-order valence-corrected chi connectivity index (χ2v) is 6.85. The number of primary sulfonamides is 1. The van der Waals surface area contributed by atoms with Crippen LogP contribution in [0.4, 0.5) is 5.69 Å². The molecule has 2 aromatic carbocycles. The highest BCUT2D eigenvalue weighted by Gasteiger charge is 2.16. The minimum absolute atomic E-state index is 0.0455. The maximum absolute atomic E-state index is 11.4. The lowest BCUT2D eigenvalue weighted by Gasteiger charge is -2.08. The lowest BCUT2D eigenvalue weighted by molar-refractivity contribution is 0.0690. The summed E-state index contributed by atoms with van der Waals surface area (Å²) in [6.45, 7) is 0. The molecule has 8 nitrogen and oxygen atoms in total. The Labute approximate surface area is 143 Å². The Morgan fingerprint density at radius 1 is 1.04 bits per heavy atom. The number of benzene rings is 2. The number of nitrogen functional groups attached to an aromatic ring is 1. The van der Waals surface area contributed by atoms with Gasteiger partial charge in [-0.25, -0.2) is 23.0 Å². The summed E-state index contributed by atoms with van der Waals surface area (Å²) in [5, 5.41) is 18.4. The zero-order valence-electron chi connectivity index (χ0n) is 12.8. The lowest BCUT2D eigenvalue weighted by Crippen LogP contribution is -2.12. The molecule has 1 aromatic heterocycles. The van der Waals surface area contributed by atoms with E-state index in [9.17, 15) is 18.3 Å². The van der Waals surface area contributed by atoms with Crippen molar-refractivity contribution in [3.8, 4) is 16.9 Å². The number of carboxylic acids is 1. The van der Waals surface area contributed by atoms with Gasteiger partial charge in [-0.3, -0.25) is 0 Å². The summed E-state index contributed by atoms with van der Waals surface area (Å²) in [5.74, 6) is -1.17. The maximum Gasteiger partial charge on any atom is 0.356 e. The van der Waals surface area contributed by atoms with Gasteiger partial charge < -0.3 is 10.8 Å². The summed E-state index contributed by atoms with van der Waals surface area (Å²) >= 11 is 0. The minimum atomic E-state index is -3.81. The fraction of sp³-hybridized carbons (Fsp3) is 0. The Balaban J connectivity index is 2.14. The molecule has 0 spiro atoms. The predicted octanol–water partition coefficient (Wildman–Crippen LogP) is 1.47. The van der Waals surface area contributed by atoms with Gasteiger partial charge in [-0.2, -0.15) is 5.10 Å². The zero-order valence-corrected chi connectivity index (χ0v) is 13.6. The molecule has 1 heterocycles. The summed E-state index contributed by atoms with van der Waals surface area (Å²) in [6.07, 6.45) is 0. The molecule has 3 rings (SSSR count). The van der Waals surface area contributed by atoms with E-state index in [0.29, 0.717) is 22.6 Å². The number of carboxylic acid groups (broad SMARTS) is 1. The second-order valence-electron chi connectivity index (χ2n) is 5.29. The molecule has 0 unspecified atom stereocenters. The van der Waals surface area contributed by atoms with E-state index >= 15 is 0 Å². The molecular weight excluding hydrogens is 344 g/mol. The number of aromatic carboxylic acids is 1. The Kier molecular flexibility index (Phi) is 4.03. The SMILES string of the molecule is Nc1ccc(-c2cc(C(=O)O)nn2-c2ccc(S(N)(=O)=O)cc2)cc1. The van der Waals surface area contributed by atoms with Crippen LogP contribution < -0.4 is 10.9 Å². The van der Waals surface area contributed by atoms with Gasteiger partial charge >= 0.3 is 5.97 Å². The quantitative estimate of drug-likeness (QED) is 0.603. The van der Waals surface area contributed by atoms with Crippen molar-refractivity contribution < 1.29 is 18.3 Å². The van der Waals surface area contributed by atoms with Gasteiger partial charge in [0.25, 0.3) is 0 Å². The van der Waals surface area contributed by atoms with E-state index in [1.54, 1.807) is 24.3 Å². The van der Waals surface area contributed by atoms with Gasteiger partial charge in [-0.05, 0) is 42.5 Å². The van der Waals surface area contributed by atoms with Crippen molar-refractivity contribution in [1.29, 1.82) is 0 Å². The third-order valence-corrected chi connectivity index (χ3v) is 4.47. The Bertz CT molecular complexity index is 1040. The summed E-state index contributed by atoms with van der Waals surface area (Å²) in [6, 6.07) is 14.0. The summed E-state index contributed by atoms with van der Waals surface area (Å²) in [7, 11) is -3.81. The first-order valence-electron chi connectivity index (χ1n) is 7.08. The first-order chi connectivity index (χ1) is 11.8. The predicted molar refractivity (Wildman–Crippen MR) is 91.7 cm³/mol. The standard InChI is InChI=1S/C16H14N4O4S/c17-11-3-1-10(2-4-11)15-9-14(16(21)22)19-20(15)12-5-7-13(8-6-12)25(18,23)24/h1-9H,17H2,(H,21,22)(H2,18,23,24). The molecule has 0 saturated heterocycles. The number of hydrogen-bond acceptors (Lipinski definition) is 5. The van der Waals surface area contributed by atoms with E-state index in [0.717, 1.165) is 0 Å². The van der Waals surface area contributed by atoms with Crippen LogP contribution in [0.25, 0.3) is 16.9 Å². The largest absolute Gasteiger partial charge is 0.476 e. The first kappa shape index (κ1) is 16.7. The third kappa shape index (κ3) is 3.37. The van der Waals surface area contributed by atoms with Gasteiger partial charge in [0.15, 0.2) is 5.69 Å². The summed E-state index contributed by atoms with van der Waals surface area (Å²) < 4.78 is 24.1. The molecule has 0 amide bonds. The van der Waals surface area contributed by atoms with E-state index in [4.69, 9.17) is 10.9 Å². The van der Waals surface area contributed by atoms with Crippen LogP contribution in [0.1, 0.15) is 10.5 Å². The fourth-order valence-corrected chi connectivity index (χ4v) is 2.83. The number of rotatable bonds is 4. The van der Waals surface area contributed by atoms with Crippen molar-refractivity contribution in [1.82, 2.24) is 9.78 Å². The summed E-state index contributed by atoms with van der Waals surface area (Å²) in [4.78, 5) is 11.2. The first-order valence-corrected chi connectivity index (χ1v) is 8.63. The van der Waals surface area contributed by atoms with Gasteiger partial charge in [-0.1, -0.05) is 12.1 Å². The molecule has 0 atom stereocenters. The summed E-state index contributed by atoms with van der Waals surface area (Å²) in [5.41, 5.74) is 7.85. The number of anilines is 1. The van der Waals surface area contributed by atoms with Crippen LogP contribution in [0.5, 0.6) is 0 Å². The topological polar surface area (TPSA) is 141 Å². The van der Waals surface area contributed by atoms with Gasteiger partial charge in [0.2, 0.25) is 10.0 Å². The fourth-order valence-electron chi connectivity index (χ4n) is 2.32. The number of nitrogens with two attached hydrogens (primary N) is 2. The van der Waals surface area contributed by atoms with Crippen molar-refractivity contribution in [2.45, 2.75) is 4.90 Å². The molecule has 3 aromatic rings. The average Bonchev–Trinajstić information content (AvgIpc) is 3.00. The third-order valence-electron chi connectivity index (χ3n) is 3.54. The van der Waals surface area contributed by atoms with Crippen LogP contribution in [-0.4, -0.2) is 29.3 Å². The van der Waals surface area contributed by atoms with Crippen LogP contribution >= 0.6 is 0 Å². The van der Waals surface area contributed by atoms with E-state index in [-0.39, 0.29) is 10.6 Å². The number of carbonyl (C=O) groups is 1. The van der Waals surface area contributed by atoms with Crippen molar-refractivity contribution in [3.63, 3.8) is 0 Å². The zero-order chi connectivity index (χ0) is 18.2. The molecule has 0 bridgehead atoms. The highest BCUT2D eigenvalue weighted by Crippen LogP contribution is 2.25. The highest BCUT2D eigenvalue weighted by atomic mass is 32.2. The van der Waals surface area contributed by atoms with Crippen LogP contribution in [-0.2, 0) is 10.0 Å². The molecule has 0 radical (unpaired) electrons. The van der Waals surface area contributed by atoms with Crippen LogP contribution in [0, 0.1) is 0 Å². The molecule has 0 fully saturated rings. The molecule has 9 heteroatoms. The molecule has 25 heavy (non-hydrogen) atoms. The van der Waals surface area contributed by atoms with Gasteiger partial charge in [0, 0.05) is 11.3 Å². The van der Waals surface area contributed by atoms with Crippen molar-refractivity contribution in [2.24, 2.45) is 5.14 Å². The van der Waals surface area contributed by atoms with Gasteiger partial charge in [0.1, 0.15) is 0 Å². The number of sulfonamides is 1. The van der Waals surface area contributed by atoms with Crippen molar-refractivity contribution in [2.75, 3.05) is 5.73 Å². The number of nitrogens with zero attached hydrogens (tertiary/aromatic N) is 2. The normalized spacial score (nSPS) is 11.4. The van der Waals surface area contributed by atoms with Crippen LogP contribution in [0.2, 0.25) is 0 Å². The molecule has 128 valence electrons. The Morgan fingerprint density at radius 2 is 1.64 bits per heavy atom. The van der Waals surface area contributed by atoms with E-state index in [1.807, 2.05) is 0 Å². The molecular formula is C16H14N4O4S. The number of aromatic nitrogens is 2. The van der Waals surface area contributed by atoms with Crippen molar-refractivity contribution in [3.05, 3.63) is 60.3 Å². The maximum atomic E-state index is 11.4. The average molecular weight is 358 g/mol. The van der Waals surface area contributed by atoms with Gasteiger partial charge in [0.05, 0.1) is 16.3 Å². The smallest absolute Gasteiger partial charge is 0.356 e. The molecule has 5 N–H and O–H groups in total.